The van der Waals surface area contributed by atoms with Crippen LogP contribution in [0.1, 0.15) is 15.4 Å². The smallest absolute Gasteiger partial charge is 0.270 e. The number of carbonyl (C=O) groups is 1. The highest BCUT2D eigenvalue weighted by atomic mass is 32.2. The zero-order valence-corrected chi connectivity index (χ0v) is 17.5. The number of non-ortho nitro benzene ring substituents is 1. The molecular formula is C19H14N4O6S2. The first-order valence-corrected chi connectivity index (χ1v) is 11.1. The number of anilines is 2. The maximum atomic E-state index is 12.5. The van der Waals surface area contributed by atoms with Gasteiger partial charge in [0.15, 0.2) is 5.82 Å². The molecule has 12 heteroatoms. The highest BCUT2D eigenvalue weighted by Gasteiger charge is 2.17. The molecule has 4 rings (SSSR count). The minimum Gasteiger partial charge on any atom is -0.360 e. The van der Waals surface area contributed by atoms with Gasteiger partial charge in [-0.05, 0) is 43.3 Å². The Hall–Kier alpha value is -3.77. The number of nitrogens with zero attached hydrogens (tertiary/aromatic N) is 2. The molecule has 0 aliphatic carbocycles. The fraction of sp³-hybridized carbons (Fsp3) is 0.0526. The van der Waals surface area contributed by atoms with Gasteiger partial charge >= 0.3 is 0 Å². The van der Waals surface area contributed by atoms with Gasteiger partial charge < -0.3 is 9.84 Å². The van der Waals surface area contributed by atoms with Crippen LogP contribution >= 0.6 is 11.3 Å². The van der Waals surface area contributed by atoms with Crippen molar-refractivity contribution in [1.82, 2.24) is 5.16 Å². The molecule has 0 aliphatic heterocycles. The monoisotopic (exact) mass is 458 g/mol. The number of rotatable bonds is 6. The van der Waals surface area contributed by atoms with Crippen molar-refractivity contribution in [3.05, 3.63) is 75.3 Å². The number of aryl methyl sites for hydroxylation is 1. The van der Waals surface area contributed by atoms with Gasteiger partial charge in [0, 0.05) is 34.0 Å². The molecule has 2 heterocycles. The average Bonchev–Trinajstić information content (AvgIpc) is 3.33. The molecule has 0 unspecified atom stereocenters. The Bertz CT molecular complexity index is 1410. The van der Waals surface area contributed by atoms with Crippen LogP contribution < -0.4 is 10.0 Å². The number of amides is 1. The molecule has 0 radical (unpaired) electrons. The fourth-order valence-corrected chi connectivity index (χ4v) is 4.70. The Morgan fingerprint density at radius 3 is 2.52 bits per heavy atom. The van der Waals surface area contributed by atoms with E-state index >= 15 is 0 Å². The summed E-state index contributed by atoms with van der Waals surface area (Å²) in [5.41, 5.74) is 0.341. The first kappa shape index (κ1) is 20.5. The van der Waals surface area contributed by atoms with E-state index in [1.54, 1.807) is 19.1 Å². The number of benzene rings is 2. The highest BCUT2D eigenvalue weighted by molar-refractivity contribution is 7.92. The van der Waals surface area contributed by atoms with E-state index < -0.39 is 20.9 Å². The number of hydrogen-bond acceptors (Lipinski definition) is 8. The van der Waals surface area contributed by atoms with Crippen LogP contribution in [-0.4, -0.2) is 24.4 Å². The van der Waals surface area contributed by atoms with Crippen LogP contribution in [0.2, 0.25) is 0 Å². The van der Waals surface area contributed by atoms with Crippen LogP contribution in [0.3, 0.4) is 0 Å². The first-order valence-electron chi connectivity index (χ1n) is 8.77. The van der Waals surface area contributed by atoms with E-state index in [0.29, 0.717) is 21.7 Å². The number of hydrogen-bond donors (Lipinski definition) is 2. The van der Waals surface area contributed by atoms with Crippen molar-refractivity contribution >= 4 is 54.5 Å². The summed E-state index contributed by atoms with van der Waals surface area (Å²) < 4.78 is 32.7. The molecule has 31 heavy (non-hydrogen) atoms. The number of thiophene rings is 1. The van der Waals surface area contributed by atoms with E-state index in [1.165, 1.54) is 53.8 Å². The average molecular weight is 458 g/mol. The molecule has 4 aromatic rings. The third-order valence-electron chi connectivity index (χ3n) is 4.22. The second kappa shape index (κ2) is 7.81. The molecule has 0 saturated carbocycles. The normalized spacial score (nSPS) is 11.4. The van der Waals surface area contributed by atoms with Crippen LogP contribution in [0.5, 0.6) is 0 Å². The van der Waals surface area contributed by atoms with Crippen molar-refractivity contribution < 1.29 is 22.7 Å². The van der Waals surface area contributed by atoms with Gasteiger partial charge in [-0.3, -0.25) is 19.6 Å². The SMILES string of the molecule is Cc1cc(NS(=O)(=O)c2ccc(NC(=O)c3cc4cc([N+](=O)[O-])ccc4s3)cc2)no1. The van der Waals surface area contributed by atoms with Crippen LogP contribution in [0.4, 0.5) is 17.2 Å². The van der Waals surface area contributed by atoms with E-state index in [2.05, 4.69) is 15.2 Å². The van der Waals surface area contributed by atoms with Crippen LogP contribution in [-0.2, 0) is 10.0 Å². The number of aromatic nitrogens is 1. The molecular weight excluding hydrogens is 444 g/mol. The maximum absolute atomic E-state index is 12.5. The van der Waals surface area contributed by atoms with Crippen molar-refractivity contribution in [2.75, 3.05) is 10.0 Å². The largest absolute Gasteiger partial charge is 0.360 e. The van der Waals surface area contributed by atoms with Gasteiger partial charge in [-0.25, -0.2) is 8.42 Å². The van der Waals surface area contributed by atoms with Gasteiger partial charge in [-0.1, -0.05) is 5.16 Å². The second-order valence-corrected chi connectivity index (χ2v) is 9.26. The molecule has 2 N–H and O–H groups in total. The summed E-state index contributed by atoms with van der Waals surface area (Å²) in [6.45, 7) is 1.64. The number of nitro groups is 1. The number of nitrogens with one attached hydrogen (secondary N) is 2. The molecule has 0 aliphatic rings. The standard InChI is InChI=1S/C19H14N4O6S2/c1-11-8-18(21-29-11)22-31(27,28)15-5-2-13(3-6-15)20-19(24)17-10-12-9-14(23(25)26)4-7-16(12)30-17/h2-10H,1H3,(H,20,24)(H,21,22). The highest BCUT2D eigenvalue weighted by Crippen LogP contribution is 2.29. The fourth-order valence-electron chi connectivity index (χ4n) is 2.78. The van der Waals surface area contributed by atoms with E-state index in [9.17, 15) is 23.3 Å². The number of sulfonamides is 1. The molecule has 0 fully saturated rings. The van der Waals surface area contributed by atoms with Crippen LogP contribution in [0.15, 0.2) is 64.0 Å². The van der Waals surface area contributed by atoms with Gasteiger partial charge in [-0.15, -0.1) is 11.3 Å². The minimum absolute atomic E-state index is 0.0136. The van der Waals surface area contributed by atoms with Crippen molar-refractivity contribution in [3.8, 4) is 0 Å². The summed E-state index contributed by atoms with van der Waals surface area (Å²) in [4.78, 5) is 23.3. The third-order valence-corrected chi connectivity index (χ3v) is 6.71. The van der Waals surface area contributed by atoms with Gasteiger partial charge in [0.2, 0.25) is 0 Å². The van der Waals surface area contributed by atoms with Crippen molar-refractivity contribution in [1.29, 1.82) is 0 Å². The summed E-state index contributed by atoms with van der Waals surface area (Å²) >= 11 is 1.20. The predicted octanol–water partition coefficient (Wildman–Crippen LogP) is 4.16. The molecule has 0 spiro atoms. The third kappa shape index (κ3) is 4.39. The van der Waals surface area contributed by atoms with Crippen LogP contribution in [0.25, 0.3) is 10.1 Å². The zero-order chi connectivity index (χ0) is 22.2. The van der Waals surface area contributed by atoms with Crippen molar-refractivity contribution in [2.45, 2.75) is 11.8 Å². The number of fused-ring (bicyclic) bond motifs is 1. The zero-order valence-electron chi connectivity index (χ0n) is 15.9. The summed E-state index contributed by atoms with van der Waals surface area (Å²) in [6, 6.07) is 13.0. The molecule has 158 valence electrons. The van der Waals surface area contributed by atoms with Crippen LogP contribution in [0, 0.1) is 17.0 Å². The van der Waals surface area contributed by atoms with Gasteiger partial charge in [-0.2, -0.15) is 0 Å². The Labute approximate surface area is 179 Å². The van der Waals surface area contributed by atoms with Gasteiger partial charge in [0.1, 0.15) is 5.76 Å². The van der Waals surface area contributed by atoms with Crippen molar-refractivity contribution in [3.63, 3.8) is 0 Å². The summed E-state index contributed by atoms with van der Waals surface area (Å²) in [7, 11) is -3.86. The lowest BCUT2D eigenvalue weighted by Gasteiger charge is -2.07. The molecule has 1 amide bonds. The lowest BCUT2D eigenvalue weighted by Crippen LogP contribution is -2.14. The van der Waals surface area contributed by atoms with Gasteiger partial charge in [0.25, 0.3) is 21.6 Å². The Morgan fingerprint density at radius 1 is 1.13 bits per heavy atom. The number of carbonyl (C=O) groups excluding carboxylic acids is 1. The topological polar surface area (TPSA) is 144 Å². The Balaban J connectivity index is 1.49. The van der Waals surface area contributed by atoms with Gasteiger partial charge in [0.05, 0.1) is 14.7 Å². The lowest BCUT2D eigenvalue weighted by atomic mass is 10.2. The minimum atomic E-state index is -3.86. The van der Waals surface area contributed by atoms with E-state index in [4.69, 9.17) is 4.52 Å². The molecule has 0 bridgehead atoms. The second-order valence-electron chi connectivity index (χ2n) is 6.50. The predicted molar refractivity (Wildman–Crippen MR) is 115 cm³/mol. The summed E-state index contributed by atoms with van der Waals surface area (Å²) in [6.07, 6.45) is 0. The van der Waals surface area contributed by atoms with E-state index in [-0.39, 0.29) is 16.4 Å². The Kier molecular flexibility index (Phi) is 5.17. The maximum Gasteiger partial charge on any atom is 0.270 e. The summed E-state index contributed by atoms with van der Waals surface area (Å²) in [5.74, 6) is 0.127. The van der Waals surface area contributed by atoms with Crippen molar-refractivity contribution in [2.24, 2.45) is 0 Å². The Morgan fingerprint density at radius 2 is 1.87 bits per heavy atom. The molecule has 10 nitrogen and oxygen atoms in total. The summed E-state index contributed by atoms with van der Waals surface area (Å²) in [5, 5.41) is 17.8. The lowest BCUT2D eigenvalue weighted by molar-refractivity contribution is -0.384. The number of nitro benzene ring substituents is 1. The van der Waals surface area contributed by atoms with E-state index in [1.807, 2.05) is 0 Å². The molecule has 0 saturated heterocycles. The molecule has 2 aromatic carbocycles. The molecule has 2 aromatic heterocycles. The first-order chi connectivity index (χ1) is 14.7. The molecule has 0 atom stereocenters. The van der Waals surface area contributed by atoms with E-state index in [0.717, 1.165) is 4.70 Å². The quantitative estimate of drug-likeness (QED) is 0.326.